The molecule has 12 heteroatoms. The highest BCUT2D eigenvalue weighted by molar-refractivity contribution is 6.23. The maximum absolute atomic E-state index is 12.7. The number of aromatic carboxylic acids is 1. The molecule has 5 aromatic rings. The molecule has 0 aliphatic rings. The molecular formula is C21H10O12. The first kappa shape index (κ1) is 19.8. The molecule has 2 heterocycles. The number of carboxylic acid groups (broad SMARTS) is 1. The van der Waals surface area contributed by atoms with E-state index in [0.717, 1.165) is 12.1 Å². The van der Waals surface area contributed by atoms with E-state index in [0.29, 0.717) is 6.07 Å². The first-order valence-corrected chi connectivity index (χ1v) is 8.98. The topological polar surface area (TPSA) is 219 Å². The fourth-order valence-corrected chi connectivity index (χ4v) is 3.86. The van der Waals surface area contributed by atoms with E-state index in [2.05, 4.69) is 0 Å². The third-order valence-corrected chi connectivity index (χ3v) is 5.32. The van der Waals surface area contributed by atoms with Crippen LogP contribution in [-0.2, 0) is 0 Å². The number of phenolic OH excluding ortho intramolecular Hbond substituents is 5. The van der Waals surface area contributed by atoms with Crippen molar-refractivity contribution in [3.05, 3.63) is 44.6 Å². The van der Waals surface area contributed by atoms with Gasteiger partial charge in [-0.1, -0.05) is 0 Å². The van der Waals surface area contributed by atoms with Gasteiger partial charge in [0.1, 0.15) is 11.3 Å². The predicted molar refractivity (Wildman–Crippen MR) is 110 cm³/mol. The van der Waals surface area contributed by atoms with Crippen LogP contribution in [0.4, 0.5) is 0 Å². The Balaban J connectivity index is 2.02. The van der Waals surface area contributed by atoms with Gasteiger partial charge in [0.05, 0.1) is 16.3 Å². The molecule has 0 saturated carbocycles. The first-order chi connectivity index (χ1) is 15.5. The van der Waals surface area contributed by atoms with Gasteiger partial charge in [0.25, 0.3) is 0 Å². The zero-order valence-corrected chi connectivity index (χ0v) is 15.9. The lowest BCUT2D eigenvalue weighted by atomic mass is 9.94. The van der Waals surface area contributed by atoms with Crippen LogP contribution in [0.3, 0.4) is 0 Å². The Morgan fingerprint density at radius 2 is 1.21 bits per heavy atom. The second kappa shape index (κ2) is 6.20. The Hall–Kier alpha value is -5.13. The molecule has 166 valence electrons. The van der Waals surface area contributed by atoms with Gasteiger partial charge in [0, 0.05) is 16.3 Å². The van der Waals surface area contributed by atoms with Crippen molar-refractivity contribution in [2.45, 2.75) is 0 Å². The number of rotatable bonds is 2. The Labute approximate surface area is 179 Å². The van der Waals surface area contributed by atoms with Crippen LogP contribution in [0.2, 0.25) is 0 Å². The molecule has 12 nitrogen and oxygen atoms in total. The molecule has 0 fully saturated rings. The Morgan fingerprint density at radius 1 is 0.667 bits per heavy atom. The summed E-state index contributed by atoms with van der Waals surface area (Å²) < 4.78 is 10.2. The van der Waals surface area contributed by atoms with Crippen molar-refractivity contribution in [2.24, 2.45) is 0 Å². The van der Waals surface area contributed by atoms with Crippen LogP contribution in [0, 0.1) is 0 Å². The van der Waals surface area contributed by atoms with Gasteiger partial charge in [0.15, 0.2) is 34.2 Å². The molecule has 0 aliphatic carbocycles. The summed E-state index contributed by atoms with van der Waals surface area (Å²) in [6.07, 6.45) is 0. The Morgan fingerprint density at radius 3 is 1.79 bits per heavy atom. The summed E-state index contributed by atoms with van der Waals surface area (Å²) in [5, 5.41) is 69.6. The molecule has 0 spiro atoms. The van der Waals surface area contributed by atoms with Gasteiger partial charge in [-0.3, -0.25) is 0 Å². The fraction of sp³-hybridized carbons (Fsp3) is 0. The second-order valence-corrected chi connectivity index (χ2v) is 7.12. The largest absolute Gasteiger partial charge is 0.507 e. The first-order valence-electron chi connectivity index (χ1n) is 8.98. The van der Waals surface area contributed by atoms with Gasteiger partial charge in [0.2, 0.25) is 5.75 Å². The van der Waals surface area contributed by atoms with Crippen molar-refractivity contribution in [1.82, 2.24) is 0 Å². The zero-order chi connectivity index (χ0) is 23.9. The quantitative estimate of drug-likeness (QED) is 0.0882. The normalized spacial score (nSPS) is 11.6. The zero-order valence-electron chi connectivity index (χ0n) is 15.9. The number of hydrogen-bond acceptors (Lipinski definition) is 11. The molecule has 0 atom stereocenters. The van der Waals surface area contributed by atoms with Crippen molar-refractivity contribution in [1.29, 1.82) is 0 Å². The molecule has 3 aromatic carbocycles. The summed E-state index contributed by atoms with van der Waals surface area (Å²) in [6.45, 7) is 0. The summed E-state index contributed by atoms with van der Waals surface area (Å²) in [5.41, 5.74) is -5.36. The van der Waals surface area contributed by atoms with Crippen molar-refractivity contribution < 1.29 is 49.4 Å². The SMILES string of the molecule is O=C(O)c1cc(O)c(-c2cc3c(=O)oc4c(O)c(O)cc5c(=O)oc(c2O)c3c45)c(O)c1O. The summed E-state index contributed by atoms with van der Waals surface area (Å²) in [5.74, 6) is -7.28. The number of phenols is 6. The lowest BCUT2D eigenvalue weighted by molar-refractivity contribution is 0.0692. The van der Waals surface area contributed by atoms with Crippen LogP contribution >= 0.6 is 0 Å². The van der Waals surface area contributed by atoms with Crippen molar-refractivity contribution in [3.8, 4) is 45.6 Å². The van der Waals surface area contributed by atoms with Crippen molar-refractivity contribution >= 4 is 38.7 Å². The molecule has 0 amide bonds. The summed E-state index contributed by atoms with van der Waals surface area (Å²) in [6, 6.07) is 2.43. The van der Waals surface area contributed by atoms with Crippen LogP contribution in [0.15, 0.2) is 36.6 Å². The van der Waals surface area contributed by atoms with Crippen molar-refractivity contribution in [2.75, 3.05) is 0 Å². The maximum Gasteiger partial charge on any atom is 0.344 e. The van der Waals surface area contributed by atoms with Gasteiger partial charge in [-0.2, -0.15) is 0 Å². The highest BCUT2D eigenvalue weighted by Crippen LogP contribution is 2.51. The average Bonchev–Trinajstić information content (AvgIpc) is 2.75. The molecular weight excluding hydrogens is 444 g/mol. The highest BCUT2D eigenvalue weighted by Gasteiger charge is 2.29. The number of benzene rings is 3. The molecule has 5 rings (SSSR count). The van der Waals surface area contributed by atoms with Gasteiger partial charge >= 0.3 is 17.2 Å². The van der Waals surface area contributed by atoms with Gasteiger partial charge in [-0.25, -0.2) is 14.4 Å². The molecule has 0 bridgehead atoms. The summed E-state index contributed by atoms with van der Waals surface area (Å²) in [7, 11) is 0. The predicted octanol–water partition coefficient (Wildman–Crippen LogP) is 2.09. The molecule has 2 aromatic heterocycles. The van der Waals surface area contributed by atoms with Crippen LogP contribution in [0.5, 0.6) is 34.5 Å². The van der Waals surface area contributed by atoms with E-state index in [4.69, 9.17) is 13.9 Å². The molecule has 0 unspecified atom stereocenters. The van der Waals surface area contributed by atoms with Crippen LogP contribution in [0.1, 0.15) is 10.4 Å². The molecule has 0 aliphatic heterocycles. The maximum atomic E-state index is 12.7. The number of carboxylic acids is 1. The molecule has 33 heavy (non-hydrogen) atoms. The van der Waals surface area contributed by atoms with E-state index < -0.39 is 79.6 Å². The number of carbonyl (C=O) groups is 1. The van der Waals surface area contributed by atoms with E-state index in [1.807, 2.05) is 0 Å². The van der Waals surface area contributed by atoms with Crippen LogP contribution in [0.25, 0.3) is 43.8 Å². The second-order valence-electron chi connectivity index (χ2n) is 7.12. The average molecular weight is 454 g/mol. The summed E-state index contributed by atoms with van der Waals surface area (Å²) in [4.78, 5) is 36.4. The Bertz CT molecular complexity index is 1790. The third kappa shape index (κ3) is 2.42. The van der Waals surface area contributed by atoms with E-state index in [9.17, 15) is 45.0 Å². The molecule has 0 saturated heterocycles. The van der Waals surface area contributed by atoms with Gasteiger partial charge < -0.3 is 44.6 Å². The smallest absolute Gasteiger partial charge is 0.344 e. The molecule has 7 N–H and O–H groups in total. The lowest BCUT2D eigenvalue weighted by Crippen LogP contribution is -2.07. The highest BCUT2D eigenvalue weighted by atomic mass is 16.4. The minimum Gasteiger partial charge on any atom is -0.507 e. The minimum absolute atomic E-state index is 0.148. The van der Waals surface area contributed by atoms with Crippen molar-refractivity contribution in [3.63, 3.8) is 0 Å². The molecule has 0 radical (unpaired) electrons. The Kier molecular flexibility index (Phi) is 3.72. The fourth-order valence-electron chi connectivity index (χ4n) is 3.86. The third-order valence-electron chi connectivity index (χ3n) is 5.32. The minimum atomic E-state index is -1.67. The number of aromatic hydroxyl groups is 6. The van der Waals surface area contributed by atoms with Crippen LogP contribution < -0.4 is 11.3 Å². The number of hydrogen-bond donors (Lipinski definition) is 7. The summed E-state index contributed by atoms with van der Waals surface area (Å²) >= 11 is 0. The van der Waals surface area contributed by atoms with E-state index in [-0.39, 0.29) is 21.5 Å². The monoisotopic (exact) mass is 454 g/mol. The van der Waals surface area contributed by atoms with Crippen LogP contribution in [-0.4, -0.2) is 41.7 Å². The van der Waals surface area contributed by atoms with E-state index in [1.54, 1.807) is 0 Å². The van der Waals surface area contributed by atoms with Gasteiger partial charge in [-0.05, 0) is 18.2 Å². The lowest BCUT2D eigenvalue weighted by Gasteiger charge is -2.15. The van der Waals surface area contributed by atoms with E-state index in [1.165, 1.54) is 0 Å². The van der Waals surface area contributed by atoms with E-state index >= 15 is 0 Å². The standard InChI is InChI=1S/C21H10O12/c22-8-3-7(19(28)29)13(24)16(27)10(8)4-1-5-11-12-6(21(31)32-17(11)14(4)25)2-9(23)15(26)18(12)33-20(5)30/h1-3,22-27H,(H,28,29). The van der Waals surface area contributed by atoms with Gasteiger partial charge in [-0.15, -0.1) is 0 Å².